The minimum absolute atomic E-state index is 0. The van der Waals surface area contributed by atoms with Crippen LogP contribution in [0.3, 0.4) is 0 Å². The number of aromatic nitrogens is 1. The number of nitrogens with one attached hydrogen (secondary N) is 1. The predicted octanol–water partition coefficient (Wildman–Crippen LogP) is 2.89. The van der Waals surface area contributed by atoms with Crippen molar-refractivity contribution < 1.29 is 22.7 Å². The second-order valence-corrected chi connectivity index (χ2v) is 5.43. The molecule has 1 aromatic carbocycles. The molecule has 0 aliphatic rings. The van der Waals surface area contributed by atoms with Gasteiger partial charge in [0, 0.05) is 18.5 Å². The van der Waals surface area contributed by atoms with Gasteiger partial charge in [0.2, 0.25) is 0 Å². The van der Waals surface area contributed by atoms with Gasteiger partial charge in [-0.2, -0.15) is 0 Å². The molecular formula is C14H15ClF3N3O2S. The topological polar surface area (TPSA) is 77.2 Å². The van der Waals surface area contributed by atoms with E-state index in [1.165, 1.54) is 29.5 Å². The summed E-state index contributed by atoms with van der Waals surface area (Å²) in [6, 6.07) is 5.81. The molecule has 0 bridgehead atoms. The third-order valence-electron chi connectivity index (χ3n) is 2.84. The van der Waals surface area contributed by atoms with Crippen LogP contribution in [0.1, 0.15) is 21.1 Å². The van der Waals surface area contributed by atoms with Crippen molar-refractivity contribution in [1.29, 1.82) is 0 Å². The number of thiazole rings is 1. The number of rotatable bonds is 6. The zero-order valence-corrected chi connectivity index (χ0v) is 13.9. The Morgan fingerprint density at radius 1 is 1.33 bits per heavy atom. The maximum Gasteiger partial charge on any atom is 0.573 e. The summed E-state index contributed by atoms with van der Waals surface area (Å²) in [6.45, 7) is 0.409. The molecule has 5 nitrogen and oxygen atoms in total. The van der Waals surface area contributed by atoms with E-state index in [9.17, 15) is 18.0 Å². The summed E-state index contributed by atoms with van der Waals surface area (Å²) in [4.78, 5) is 15.9. The molecule has 0 radical (unpaired) electrons. The molecule has 1 heterocycles. The number of alkyl halides is 3. The van der Waals surface area contributed by atoms with Gasteiger partial charge in [-0.15, -0.1) is 36.9 Å². The van der Waals surface area contributed by atoms with E-state index >= 15 is 0 Å². The molecule has 24 heavy (non-hydrogen) atoms. The van der Waals surface area contributed by atoms with Crippen LogP contribution in [0.25, 0.3) is 0 Å². The number of amides is 1. The molecule has 132 valence electrons. The Morgan fingerprint density at radius 2 is 2.04 bits per heavy atom. The van der Waals surface area contributed by atoms with E-state index in [-0.39, 0.29) is 43.4 Å². The number of carbonyl (C=O) groups is 1. The van der Waals surface area contributed by atoms with Gasteiger partial charge in [-0.05, 0) is 18.1 Å². The van der Waals surface area contributed by atoms with E-state index in [2.05, 4.69) is 15.0 Å². The smallest absolute Gasteiger partial charge is 0.406 e. The third kappa shape index (κ3) is 5.99. The number of benzene rings is 1. The SMILES string of the molecule is Cl.NCc1nc(C(=O)NCCc2ccccc2OC(F)(F)F)cs1. The Morgan fingerprint density at radius 3 is 2.67 bits per heavy atom. The first-order valence-electron chi connectivity index (χ1n) is 6.65. The zero-order chi connectivity index (χ0) is 16.9. The second kappa shape index (κ2) is 8.86. The molecule has 0 aliphatic carbocycles. The molecule has 2 aromatic rings. The second-order valence-electron chi connectivity index (χ2n) is 4.49. The van der Waals surface area contributed by atoms with Crippen molar-refractivity contribution in [1.82, 2.24) is 10.3 Å². The Kier molecular flexibility index (Phi) is 7.46. The average molecular weight is 382 g/mol. The summed E-state index contributed by atoms with van der Waals surface area (Å²) >= 11 is 1.27. The lowest BCUT2D eigenvalue weighted by molar-refractivity contribution is -0.274. The van der Waals surface area contributed by atoms with Gasteiger partial charge in [-0.1, -0.05) is 18.2 Å². The van der Waals surface area contributed by atoms with Crippen LogP contribution < -0.4 is 15.8 Å². The maximum absolute atomic E-state index is 12.3. The van der Waals surface area contributed by atoms with E-state index in [4.69, 9.17) is 5.73 Å². The van der Waals surface area contributed by atoms with Gasteiger partial charge < -0.3 is 15.8 Å². The highest BCUT2D eigenvalue weighted by Gasteiger charge is 2.31. The molecule has 3 N–H and O–H groups in total. The highest BCUT2D eigenvalue weighted by atomic mass is 35.5. The molecule has 0 fully saturated rings. The fraction of sp³-hybridized carbons (Fsp3) is 0.286. The number of nitrogens with zero attached hydrogens (tertiary/aromatic N) is 1. The summed E-state index contributed by atoms with van der Waals surface area (Å²) in [5.41, 5.74) is 6.02. The van der Waals surface area contributed by atoms with Crippen molar-refractivity contribution >= 4 is 29.7 Å². The first-order valence-corrected chi connectivity index (χ1v) is 7.53. The van der Waals surface area contributed by atoms with Crippen LogP contribution in [-0.2, 0) is 13.0 Å². The number of hydrogen-bond acceptors (Lipinski definition) is 5. The fourth-order valence-electron chi connectivity index (χ4n) is 1.84. The van der Waals surface area contributed by atoms with Gasteiger partial charge in [-0.25, -0.2) is 4.98 Å². The Bertz CT molecular complexity index is 679. The number of hydrogen-bond donors (Lipinski definition) is 2. The molecule has 0 spiro atoms. The number of nitrogens with two attached hydrogens (primary N) is 1. The van der Waals surface area contributed by atoms with Crippen LogP contribution in [0.5, 0.6) is 5.75 Å². The fourth-order valence-corrected chi connectivity index (χ4v) is 2.50. The lowest BCUT2D eigenvalue weighted by atomic mass is 10.1. The Balaban J connectivity index is 0.00000288. The number of halogens is 4. The Labute approximate surface area is 146 Å². The molecule has 2 rings (SSSR count). The molecule has 0 unspecified atom stereocenters. The van der Waals surface area contributed by atoms with E-state index in [0.29, 0.717) is 10.6 Å². The standard InChI is InChI=1S/C14H14F3N3O2S.ClH/c15-14(16,17)22-11-4-2-1-3-9(11)5-6-19-13(21)10-8-23-12(7-18)20-10;/h1-4,8H,5-7,18H2,(H,19,21);1H. The third-order valence-corrected chi connectivity index (χ3v) is 3.71. The maximum atomic E-state index is 12.3. The van der Waals surface area contributed by atoms with E-state index in [0.717, 1.165) is 0 Å². The van der Waals surface area contributed by atoms with Gasteiger partial charge >= 0.3 is 6.36 Å². The Hall–Kier alpha value is -1.84. The summed E-state index contributed by atoms with van der Waals surface area (Å²) in [5.74, 6) is -0.663. The summed E-state index contributed by atoms with van der Waals surface area (Å²) in [7, 11) is 0. The highest BCUT2D eigenvalue weighted by molar-refractivity contribution is 7.09. The van der Waals surface area contributed by atoms with Crippen molar-refractivity contribution in [3.8, 4) is 5.75 Å². The number of ether oxygens (including phenoxy) is 1. The molecule has 0 saturated heterocycles. The normalized spacial score (nSPS) is 10.8. The van der Waals surface area contributed by atoms with Crippen LogP contribution in [0.2, 0.25) is 0 Å². The lowest BCUT2D eigenvalue weighted by Crippen LogP contribution is -2.26. The first kappa shape index (κ1) is 20.2. The number of carbonyl (C=O) groups excluding carboxylic acids is 1. The van der Waals surface area contributed by atoms with Gasteiger partial charge in [-0.3, -0.25) is 4.79 Å². The van der Waals surface area contributed by atoms with Gasteiger partial charge in [0.25, 0.3) is 5.91 Å². The predicted molar refractivity (Wildman–Crippen MR) is 86.4 cm³/mol. The molecular weight excluding hydrogens is 367 g/mol. The van der Waals surface area contributed by atoms with Crippen LogP contribution in [0.15, 0.2) is 29.6 Å². The van der Waals surface area contributed by atoms with Gasteiger partial charge in [0.15, 0.2) is 0 Å². The average Bonchev–Trinajstić information content (AvgIpc) is 2.96. The van der Waals surface area contributed by atoms with Crippen molar-refractivity contribution in [2.45, 2.75) is 19.3 Å². The van der Waals surface area contributed by atoms with Crippen LogP contribution in [-0.4, -0.2) is 23.8 Å². The molecule has 0 atom stereocenters. The molecule has 10 heteroatoms. The van der Waals surface area contributed by atoms with Crippen LogP contribution in [0.4, 0.5) is 13.2 Å². The monoisotopic (exact) mass is 381 g/mol. The van der Waals surface area contributed by atoms with Crippen molar-refractivity contribution in [3.63, 3.8) is 0 Å². The molecule has 0 aliphatic heterocycles. The summed E-state index contributed by atoms with van der Waals surface area (Å²) < 4.78 is 40.9. The van der Waals surface area contributed by atoms with E-state index in [1.807, 2.05) is 0 Å². The minimum Gasteiger partial charge on any atom is -0.406 e. The van der Waals surface area contributed by atoms with E-state index < -0.39 is 12.3 Å². The molecule has 0 saturated carbocycles. The largest absolute Gasteiger partial charge is 0.573 e. The van der Waals surface area contributed by atoms with Gasteiger partial charge in [0.1, 0.15) is 16.5 Å². The summed E-state index contributed by atoms with van der Waals surface area (Å²) in [5, 5.41) is 4.82. The van der Waals surface area contributed by atoms with E-state index in [1.54, 1.807) is 11.4 Å². The number of para-hydroxylation sites is 1. The van der Waals surface area contributed by atoms with Crippen LogP contribution in [0, 0.1) is 0 Å². The van der Waals surface area contributed by atoms with Gasteiger partial charge in [0.05, 0.1) is 0 Å². The van der Waals surface area contributed by atoms with Crippen LogP contribution >= 0.6 is 23.7 Å². The van der Waals surface area contributed by atoms with Crippen molar-refractivity contribution in [3.05, 3.63) is 45.9 Å². The quantitative estimate of drug-likeness (QED) is 0.806. The first-order chi connectivity index (χ1) is 10.9. The van der Waals surface area contributed by atoms with Crippen molar-refractivity contribution in [2.75, 3.05) is 6.54 Å². The summed E-state index contributed by atoms with van der Waals surface area (Å²) in [6.07, 6.45) is -4.55. The highest BCUT2D eigenvalue weighted by Crippen LogP contribution is 2.26. The zero-order valence-electron chi connectivity index (χ0n) is 12.3. The molecule has 1 aromatic heterocycles. The molecule has 1 amide bonds. The lowest BCUT2D eigenvalue weighted by Gasteiger charge is -2.13. The minimum atomic E-state index is -4.75. The van der Waals surface area contributed by atoms with Crippen molar-refractivity contribution in [2.24, 2.45) is 5.73 Å².